The molecule has 0 N–H and O–H groups in total. The van der Waals surface area contributed by atoms with E-state index in [-0.39, 0.29) is 0 Å². The molecule has 2 unspecified atom stereocenters. The maximum Gasteiger partial charge on any atom is 0.104 e. The number of epoxide rings is 2. The molecular weight excluding hydrogens is 156 g/mol. The Balaban J connectivity index is 0.000000127. The maximum atomic E-state index is 5.03. The highest BCUT2D eigenvalue weighted by atomic mass is 16.6. The summed E-state index contributed by atoms with van der Waals surface area (Å²) in [6, 6.07) is 0. The zero-order valence-corrected chi connectivity index (χ0v) is 7.91. The van der Waals surface area contributed by atoms with Gasteiger partial charge in [0.25, 0.3) is 0 Å². The lowest BCUT2D eigenvalue weighted by atomic mass is 10.4. The SMILES string of the molecule is CCC1CO1.CCOCC1CO1. The molecule has 0 aromatic heterocycles. The van der Waals surface area contributed by atoms with Crippen molar-refractivity contribution in [2.24, 2.45) is 0 Å². The standard InChI is InChI=1S/C5H10O2.C4H8O/c1-2-6-3-5-4-7-5;1-2-4-3-5-4/h5H,2-4H2,1H3;4H,2-3H2,1H3. The van der Waals surface area contributed by atoms with Crippen LogP contribution in [0, 0.1) is 0 Å². The van der Waals surface area contributed by atoms with Crippen LogP contribution < -0.4 is 0 Å². The Hall–Kier alpha value is -0.120. The summed E-state index contributed by atoms with van der Waals surface area (Å²) in [5.74, 6) is 0. The first kappa shape index (κ1) is 9.96. The molecule has 0 saturated carbocycles. The minimum Gasteiger partial charge on any atom is -0.379 e. The lowest BCUT2D eigenvalue weighted by Crippen LogP contribution is -1.99. The summed E-state index contributed by atoms with van der Waals surface area (Å²) in [5.41, 5.74) is 0. The fourth-order valence-corrected chi connectivity index (χ4v) is 0.717. The minimum absolute atomic E-state index is 0.431. The highest BCUT2D eigenvalue weighted by molar-refractivity contribution is 4.66. The van der Waals surface area contributed by atoms with E-state index >= 15 is 0 Å². The van der Waals surface area contributed by atoms with Crippen LogP contribution in [0.3, 0.4) is 0 Å². The van der Waals surface area contributed by atoms with Crippen molar-refractivity contribution in [1.82, 2.24) is 0 Å². The second-order valence-electron chi connectivity index (χ2n) is 2.98. The molecule has 0 aliphatic carbocycles. The van der Waals surface area contributed by atoms with E-state index in [1.807, 2.05) is 6.92 Å². The van der Waals surface area contributed by atoms with E-state index < -0.39 is 0 Å². The van der Waals surface area contributed by atoms with E-state index in [0.717, 1.165) is 26.4 Å². The van der Waals surface area contributed by atoms with Gasteiger partial charge in [-0.05, 0) is 13.3 Å². The quantitative estimate of drug-likeness (QED) is 0.601. The number of hydrogen-bond acceptors (Lipinski definition) is 3. The predicted molar refractivity (Wildman–Crippen MR) is 46.3 cm³/mol. The summed E-state index contributed by atoms with van der Waals surface area (Å²) in [6.07, 6.45) is 2.26. The van der Waals surface area contributed by atoms with Gasteiger partial charge in [-0.1, -0.05) is 6.92 Å². The van der Waals surface area contributed by atoms with Crippen molar-refractivity contribution in [1.29, 1.82) is 0 Å². The van der Waals surface area contributed by atoms with Gasteiger partial charge >= 0.3 is 0 Å². The van der Waals surface area contributed by atoms with E-state index in [1.54, 1.807) is 0 Å². The van der Waals surface area contributed by atoms with Gasteiger partial charge in [0.15, 0.2) is 0 Å². The number of ether oxygens (including phenoxy) is 3. The first-order valence-corrected chi connectivity index (χ1v) is 4.67. The van der Waals surface area contributed by atoms with Gasteiger partial charge in [0.1, 0.15) is 6.10 Å². The Morgan fingerprint density at radius 2 is 1.75 bits per heavy atom. The van der Waals surface area contributed by atoms with Gasteiger partial charge in [-0.25, -0.2) is 0 Å². The van der Waals surface area contributed by atoms with Crippen LogP contribution >= 0.6 is 0 Å². The highest BCUT2D eigenvalue weighted by Crippen LogP contribution is 2.10. The molecule has 2 aliphatic heterocycles. The lowest BCUT2D eigenvalue weighted by Gasteiger charge is -1.91. The fraction of sp³-hybridized carbons (Fsp3) is 1.00. The molecule has 3 nitrogen and oxygen atoms in total. The molecule has 0 amide bonds. The third-order valence-electron chi connectivity index (χ3n) is 1.77. The molecule has 0 aromatic carbocycles. The van der Waals surface area contributed by atoms with Gasteiger partial charge in [-0.3, -0.25) is 0 Å². The summed E-state index contributed by atoms with van der Waals surface area (Å²) >= 11 is 0. The van der Waals surface area contributed by atoms with E-state index in [0.29, 0.717) is 12.2 Å². The van der Waals surface area contributed by atoms with Gasteiger partial charge in [0.05, 0.1) is 25.9 Å². The first-order valence-electron chi connectivity index (χ1n) is 4.67. The average Bonchev–Trinajstić information content (AvgIpc) is 2.94. The van der Waals surface area contributed by atoms with Crippen LogP contribution in [0.15, 0.2) is 0 Å². The highest BCUT2D eigenvalue weighted by Gasteiger charge is 2.21. The van der Waals surface area contributed by atoms with Crippen molar-refractivity contribution < 1.29 is 14.2 Å². The summed E-state index contributed by atoms with van der Waals surface area (Å²) in [4.78, 5) is 0. The van der Waals surface area contributed by atoms with Gasteiger partial charge in [0.2, 0.25) is 0 Å². The van der Waals surface area contributed by atoms with Crippen molar-refractivity contribution in [2.45, 2.75) is 32.5 Å². The summed E-state index contributed by atoms with van der Waals surface area (Å²) in [7, 11) is 0. The molecule has 0 bridgehead atoms. The van der Waals surface area contributed by atoms with Crippen LogP contribution in [-0.4, -0.2) is 38.6 Å². The van der Waals surface area contributed by atoms with Crippen molar-refractivity contribution in [3.63, 3.8) is 0 Å². The van der Waals surface area contributed by atoms with Crippen LogP contribution in [-0.2, 0) is 14.2 Å². The van der Waals surface area contributed by atoms with E-state index in [9.17, 15) is 0 Å². The van der Waals surface area contributed by atoms with Gasteiger partial charge < -0.3 is 14.2 Å². The number of rotatable bonds is 4. The third kappa shape index (κ3) is 5.52. The molecular formula is C9H18O3. The van der Waals surface area contributed by atoms with Crippen LogP contribution in [0.5, 0.6) is 0 Å². The first-order chi connectivity index (χ1) is 5.86. The summed E-state index contributed by atoms with van der Waals surface area (Å²) < 4.78 is 14.8. The predicted octanol–water partition coefficient (Wildman–Crippen LogP) is 1.22. The van der Waals surface area contributed by atoms with Crippen molar-refractivity contribution >= 4 is 0 Å². The zero-order chi connectivity index (χ0) is 8.81. The molecule has 2 rings (SSSR count). The van der Waals surface area contributed by atoms with Crippen molar-refractivity contribution in [2.75, 3.05) is 26.4 Å². The minimum atomic E-state index is 0.431. The molecule has 12 heavy (non-hydrogen) atoms. The molecule has 2 fully saturated rings. The summed E-state index contributed by atoms with van der Waals surface area (Å²) in [5, 5.41) is 0. The largest absolute Gasteiger partial charge is 0.379 e. The molecule has 0 radical (unpaired) electrons. The third-order valence-corrected chi connectivity index (χ3v) is 1.77. The zero-order valence-electron chi connectivity index (χ0n) is 7.91. The van der Waals surface area contributed by atoms with Gasteiger partial charge in [-0.2, -0.15) is 0 Å². The van der Waals surface area contributed by atoms with E-state index in [1.165, 1.54) is 6.42 Å². The number of hydrogen-bond donors (Lipinski definition) is 0. The molecule has 0 aromatic rings. The molecule has 2 saturated heterocycles. The maximum absolute atomic E-state index is 5.03. The Morgan fingerprint density at radius 1 is 1.17 bits per heavy atom. The Kier molecular flexibility index (Phi) is 4.58. The van der Waals surface area contributed by atoms with Crippen molar-refractivity contribution in [3.8, 4) is 0 Å². The molecule has 3 heteroatoms. The van der Waals surface area contributed by atoms with E-state index in [4.69, 9.17) is 14.2 Å². The molecule has 2 heterocycles. The molecule has 2 aliphatic rings. The fourth-order valence-electron chi connectivity index (χ4n) is 0.717. The summed E-state index contributed by atoms with van der Waals surface area (Å²) in [6.45, 7) is 7.63. The van der Waals surface area contributed by atoms with Crippen LogP contribution in [0.25, 0.3) is 0 Å². The van der Waals surface area contributed by atoms with Crippen LogP contribution in [0.4, 0.5) is 0 Å². The van der Waals surface area contributed by atoms with E-state index in [2.05, 4.69) is 6.92 Å². The monoisotopic (exact) mass is 174 g/mol. The van der Waals surface area contributed by atoms with Crippen molar-refractivity contribution in [3.05, 3.63) is 0 Å². The van der Waals surface area contributed by atoms with Crippen LogP contribution in [0.2, 0.25) is 0 Å². The lowest BCUT2D eigenvalue weighted by molar-refractivity contribution is 0.128. The molecule has 2 atom stereocenters. The molecule has 72 valence electrons. The second kappa shape index (κ2) is 5.51. The Labute approximate surface area is 74.0 Å². The van der Waals surface area contributed by atoms with Gasteiger partial charge in [0, 0.05) is 6.61 Å². The van der Waals surface area contributed by atoms with Gasteiger partial charge in [-0.15, -0.1) is 0 Å². The van der Waals surface area contributed by atoms with Crippen LogP contribution in [0.1, 0.15) is 20.3 Å². The average molecular weight is 174 g/mol. The smallest absolute Gasteiger partial charge is 0.104 e. The Morgan fingerprint density at radius 3 is 2.00 bits per heavy atom. The Bertz CT molecular complexity index is 108. The topological polar surface area (TPSA) is 34.3 Å². The normalized spacial score (nSPS) is 30.5. The molecule has 0 spiro atoms. The second-order valence-corrected chi connectivity index (χ2v) is 2.98.